The second-order valence-electron chi connectivity index (χ2n) is 3.94. The van der Waals surface area contributed by atoms with Crippen molar-refractivity contribution in [2.45, 2.75) is 32.6 Å². The van der Waals surface area contributed by atoms with Crippen LogP contribution in [-0.2, 0) is 14.4 Å². The fourth-order valence-electron chi connectivity index (χ4n) is 1.60. The van der Waals surface area contributed by atoms with Gasteiger partial charge < -0.3 is 5.11 Å². The highest BCUT2D eigenvalue weighted by atomic mass is 16.4. The summed E-state index contributed by atoms with van der Waals surface area (Å²) in [4.78, 5) is 34.1. The number of carboxylic acid groups (broad SMARTS) is 1. The summed E-state index contributed by atoms with van der Waals surface area (Å²) in [5.41, 5.74) is 0. The minimum atomic E-state index is -0.846. The van der Waals surface area contributed by atoms with Gasteiger partial charge in [-0.15, -0.1) is 0 Å². The van der Waals surface area contributed by atoms with Crippen molar-refractivity contribution < 1.29 is 19.5 Å². The van der Waals surface area contributed by atoms with Gasteiger partial charge in [-0.2, -0.15) is 0 Å². The summed E-state index contributed by atoms with van der Waals surface area (Å²) in [5.74, 6) is -1.07. The van der Waals surface area contributed by atoms with Gasteiger partial charge in [0.25, 0.3) is 0 Å². The Kier molecular flexibility index (Phi) is 3.82. The van der Waals surface area contributed by atoms with E-state index < -0.39 is 5.97 Å². The first-order valence-electron chi connectivity index (χ1n) is 5.05. The number of likely N-dealkylation sites (tertiary alicyclic amines) is 1. The first-order valence-corrected chi connectivity index (χ1v) is 5.05. The van der Waals surface area contributed by atoms with Crippen LogP contribution >= 0.6 is 0 Å². The van der Waals surface area contributed by atoms with Crippen LogP contribution in [-0.4, -0.2) is 34.3 Å². The lowest BCUT2D eigenvalue weighted by Crippen LogP contribution is -2.33. The summed E-state index contributed by atoms with van der Waals surface area (Å²) in [7, 11) is 0. The van der Waals surface area contributed by atoms with E-state index in [0.717, 1.165) is 0 Å². The van der Waals surface area contributed by atoms with Crippen LogP contribution in [0.2, 0.25) is 0 Å². The van der Waals surface area contributed by atoms with Gasteiger partial charge in [-0.3, -0.25) is 19.3 Å². The van der Waals surface area contributed by atoms with E-state index in [9.17, 15) is 14.4 Å². The number of amides is 2. The van der Waals surface area contributed by atoms with Crippen LogP contribution in [0.15, 0.2) is 0 Å². The number of imide groups is 1. The molecule has 1 saturated heterocycles. The molecule has 5 nitrogen and oxygen atoms in total. The Morgan fingerprint density at radius 2 is 1.93 bits per heavy atom. The molecule has 1 rings (SSSR count). The molecule has 2 amide bonds. The Morgan fingerprint density at radius 3 is 2.40 bits per heavy atom. The van der Waals surface area contributed by atoms with Crippen LogP contribution in [0.5, 0.6) is 0 Å². The Hall–Kier alpha value is -1.39. The van der Waals surface area contributed by atoms with Crippen molar-refractivity contribution in [2.75, 3.05) is 6.54 Å². The lowest BCUT2D eigenvalue weighted by Gasteiger charge is -2.18. The molecule has 0 spiro atoms. The molecule has 0 aromatic heterocycles. The quantitative estimate of drug-likeness (QED) is 0.680. The third-order valence-corrected chi connectivity index (χ3v) is 2.50. The number of hydrogen-bond acceptors (Lipinski definition) is 3. The molecule has 1 fully saturated rings. The molecule has 1 aliphatic rings. The van der Waals surface area contributed by atoms with Gasteiger partial charge in [-0.1, -0.05) is 6.92 Å². The van der Waals surface area contributed by atoms with Crippen LogP contribution in [0.1, 0.15) is 32.6 Å². The second kappa shape index (κ2) is 4.91. The van der Waals surface area contributed by atoms with Crippen LogP contribution in [0.25, 0.3) is 0 Å². The van der Waals surface area contributed by atoms with Gasteiger partial charge in [0, 0.05) is 25.8 Å². The van der Waals surface area contributed by atoms with Crippen molar-refractivity contribution in [3.05, 3.63) is 0 Å². The second-order valence-corrected chi connectivity index (χ2v) is 3.94. The van der Waals surface area contributed by atoms with E-state index in [4.69, 9.17) is 5.11 Å². The average molecular weight is 213 g/mol. The van der Waals surface area contributed by atoms with E-state index in [-0.39, 0.29) is 24.2 Å². The number of rotatable bonds is 5. The van der Waals surface area contributed by atoms with Crippen molar-refractivity contribution >= 4 is 17.8 Å². The summed E-state index contributed by atoms with van der Waals surface area (Å²) in [6, 6.07) is 0. The Bertz CT molecular complexity index is 271. The van der Waals surface area contributed by atoms with Crippen LogP contribution in [0, 0.1) is 5.92 Å². The van der Waals surface area contributed by atoms with E-state index in [2.05, 4.69) is 0 Å². The molecule has 1 N–H and O–H groups in total. The predicted molar refractivity (Wildman–Crippen MR) is 52.0 cm³/mol. The summed E-state index contributed by atoms with van der Waals surface area (Å²) in [6.45, 7) is 2.20. The van der Waals surface area contributed by atoms with E-state index >= 15 is 0 Å². The first-order chi connectivity index (χ1) is 7.00. The van der Waals surface area contributed by atoms with Crippen molar-refractivity contribution in [1.29, 1.82) is 0 Å². The van der Waals surface area contributed by atoms with Gasteiger partial charge in [0.2, 0.25) is 11.8 Å². The standard InChI is InChI=1S/C10H15NO4/c1-7(2-5-10(14)15)6-11-8(12)3-4-9(11)13/h7H,2-6H2,1H3,(H,14,15). The minimum absolute atomic E-state index is 0.0482. The maximum Gasteiger partial charge on any atom is 0.303 e. The van der Waals surface area contributed by atoms with Crippen molar-refractivity contribution in [2.24, 2.45) is 5.92 Å². The highest BCUT2D eigenvalue weighted by molar-refractivity contribution is 6.01. The third-order valence-electron chi connectivity index (χ3n) is 2.50. The molecule has 0 aromatic carbocycles. The molecule has 0 radical (unpaired) electrons. The highest BCUT2D eigenvalue weighted by Crippen LogP contribution is 2.16. The Balaban J connectivity index is 2.36. The maximum absolute atomic E-state index is 11.2. The summed E-state index contributed by atoms with van der Waals surface area (Å²) >= 11 is 0. The SMILES string of the molecule is CC(CCC(=O)O)CN1C(=O)CCC1=O. The zero-order valence-electron chi connectivity index (χ0n) is 8.73. The maximum atomic E-state index is 11.2. The number of hydrogen-bond donors (Lipinski definition) is 1. The first kappa shape index (κ1) is 11.7. The molecule has 15 heavy (non-hydrogen) atoms. The molecule has 84 valence electrons. The number of carbonyl (C=O) groups is 3. The smallest absolute Gasteiger partial charge is 0.303 e. The minimum Gasteiger partial charge on any atom is -0.481 e. The van der Waals surface area contributed by atoms with Gasteiger partial charge in [-0.25, -0.2) is 0 Å². The van der Waals surface area contributed by atoms with Gasteiger partial charge >= 0.3 is 5.97 Å². The largest absolute Gasteiger partial charge is 0.481 e. The van der Waals surface area contributed by atoms with Crippen molar-refractivity contribution in [3.8, 4) is 0 Å². The normalized spacial score (nSPS) is 18.3. The number of aliphatic carboxylic acids is 1. The van der Waals surface area contributed by atoms with E-state index in [0.29, 0.717) is 25.8 Å². The third kappa shape index (κ3) is 3.34. The molecule has 0 bridgehead atoms. The van der Waals surface area contributed by atoms with Crippen molar-refractivity contribution in [3.63, 3.8) is 0 Å². The molecule has 0 saturated carbocycles. The van der Waals surface area contributed by atoms with E-state index in [1.54, 1.807) is 0 Å². The fourth-order valence-corrected chi connectivity index (χ4v) is 1.60. The molecule has 1 unspecified atom stereocenters. The molecular formula is C10H15NO4. The molecule has 0 aliphatic carbocycles. The van der Waals surface area contributed by atoms with Crippen molar-refractivity contribution in [1.82, 2.24) is 4.90 Å². The molecule has 1 heterocycles. The van der Waals surface area contributed by atoms with Gasteiger partial charge in [0.15, 0.2) is 0 Å². The monoisotopic (exact) mass is 213 g/mol. The van der Waals surface area contributed by atoms with Crippen LogP contribution < -0.4 is 0 Å². The Morgan fingerprint density at radius 1 is 1.40 bits per heavy atom. The molecule has 5 heteroatoms. The Labute approximate surface area is 88.1 Å². The fraction of sp³-hybridized carbons (Fsp3) is 0.700. The van der Waals surface area contributed by atoms with Crippen LogP contribution in [0.4, 0.5) is 0 Å². The molecule has 1 aliphatic heterocycles. The highest BCUT2D eigenvalue weighted by Gasteiger charge is 2.29. The summed E-state index contributed by atoms with van der Waals surface area (Å²) in [5, 5.41) is 8.48. The van der Waals surface area contributed by atoms with Gasteiger partial charge in [0.1, 0.15) is 0 Å². The van der Waals surface area contributed by atoms with E-state index in [1.165, 1.54) is 4.90 Å². The topological polar surface area (TPSA) is 74.7 Å². The van der Waals surface area contributed by atoms with Gasteiger partial charge in [0.05, 0.1) is 0 Å². The molecule has 0 aromatic rings. The lowest BCUT2D eigenvalue weighted by molar-refractivity contribution is -0.139. The number of carbonyl (C=O) groups excluding carboxylic acids is 2. The molecular weight excluding hydrogens is 198 g/mol. The number of nitrogens with zero attached hydrogens (tertiary/aromatic N) is 1. The zero-order valence-corrected chi connectivity index (χ0v) is 8.73. The average Bonchev–Trinajstić information content (AvgIpc) is 2.46. The predicted octanol–water partition coefficient (Wildman–Crippen LogP) is 0.636. The summed E-state index contributed by atoms with van der Waals surface area (Å²) in [6.07, 6.45) is 1.17. The van der Waals surface area contributed by atoms with Crippen LogP contribution in [0.3, 0.4) is 0 Å². The summed E-state index contributed by atoms with van der Waals surface area (Å²) < 4.78 is 0. The van der Waals surface area contributed by atoms with Gasteiger partial charge in [-0.05, 0) is 12.3 Å². The zero-order chi connectivity index (χ0) is 11.4. The lowest BCUT2D eigenvalue weighted by atomic mass is 10.1. The molecule has 1 atom stereocenters. The number of carboxylic acids is 1. The van der Waals surface area contributed by atoms with E-state index in [1.807, 2.05) is 6.92 Å².